The molecule has 0 unspecified atom stereocenters. The van der Waals surface area contributed by atoms with Crippen molar-refractivity contribution in [2.45, 2.75) is 57.2 Å². The molecular formula is C19H26N6O3S. The Morgan fingerprint density at radius 1 is 1.31 bits per heavy atom. The molecular weight excluding hydrogens is 392 g/mol. The summed E-state index contributed by atoms with van der Waals surface area (Å²) in [5.74, 6) is 0.685. The standard InChI is InChI=1S/C19H26N6O3S/c1-11(22-29(28)19(2,3)4)16-20-17-14(24-10-15(26)23(5)18(24)27)8-13(12-6-7-12)9-25(17)21-16/h8-9,11-12,22H,6-7,10H2,1-5H3/t11-,29-/m1/s1. The van der Waals surface area contributed by atoms with Crippen LogP contribution in [0, 0.1) is 0 Å². The van der Waals surface area contributed by atoms with Gasteiger partial charge in [0.1, 0.15) is 17.3 Å². The van der Waals surface area contributed by atoms with Crippen molar-refractivity contribution in [2.24, 2.45) is 0 Å². The highest BCUT2D eigenvalue weighted by Crippen LogP contribution is 2.42. The van der Waals surface area contributed by atoms with Crippen LogP contribution in [-0.4, -0.2) is 54.3 Å². The molecule has 156 valence electrons. The van der Waals surface area contributed by atoms with Crippen LogP contribution in [0.2, 0.25) is 0 Å². The molecule has 1 saturated heterocycles. The molecule has 0 spiro atoms. The molecule has 1 saturated carbocycles. The summed E-state index contributed by atoms with van der Waals surface area (Å²) >= 11 is -1.27. The molecule has 2 atom stereocenters. The molecule has 4 rings (SSSR count). The van der Waals surface area contributed by atoms with Gasteiger partial charge in [0.2, 0.25) is 5.91 Å². The van der Waals surface area contributed by atoms with Crippen LogP contribution < -0.4 is 9.62 Å². The van der Waals surface area contributed by atoms with Crippen LogP contribution in [0.25, 0.3) is 5.65 Å². The largest absolute Gasteiger partial charge is 0.598 e. The van der Waals surface area contributed by atoms with Crippen molar-refractivity contribution in [3.05, 3.63) is 23.7 Å². The summed E-state index contributed by atoms with van der Waals surface area (Å²) in [4.78, 5) is 31.8. The normalized spacial score (nSPS) is 20.1. The molecule has 3 amide bonds. The lowest BCUT2D eigenvalue weighted by Gasteiger charge is -2.25. The minimum absolute atomic E-state index is 0.0108. The van der Waals surface area contributed by atoms with E-state index in [-0.39, 0.29) is 24.5 Å². The van der Waals surface area contributed by atoms with Crippen molar-refractivity contribution in [1.29, 1.82) is 0 Å². The summed E-state index contributed by atoms with van der Waals surface area (Å²) in [6.07, 6.45) is 4.14. The summed E-state index contributed by atoms with van der Waals surface area (Å²) in [5.41, 5.74) is 2.17. The molecule has 1 aliphatic heterocycles. The minimum atomic E-state index is -1.27. The van der Waals surface area contributed by atoms with Crippen LogP contribution in [0.4, 0.5) is 10.5 Å². The van der Waals surface area contributed by atoms with E-state index in [9.17, 15) is 14.1 Å². The first kappa shape index (κ1) is 20.1. The van der Waals surface area contributed by atoms with Gasteiger partial charge in [0.05, 0.1) is 5.69 Å². The van der Waals surface area contributed by atoms with Crippen molar-refractivity contribution >= 4 is 34.6 Å². The number of nitrogens with zero attached hydrogens (tertiary/aromatic N) is 5. The second-order valence-electron chi connectivity index (χ2n) is 8.71. The number of carbonyl (C=O) groups excluding carboxylic acids is 2. The lowest BCUT2D eigenvalue weighted by molar-refractivity contribution is -0.123. The van der Waals surface area contributed by atoms with Crippen molar-refractivity contribution in [2.75, 3.05) is 18.5 Å². The fourth-order valence-electron chi connectivity index (χ4n) is 3.20. The first-order chi connectivity index (χ1) is 13.6. The number of hydrogen-bond acceptors (Lipinski definition) is 6. The van der Waals surface area contributed by atoms with E-state index in [1.165, 1.54) is 11.9 Å². The Hall–Kier alpha value is -2.17. The van der Waals surface area contributed by atoms with E-state index in [0.717, 1.165) is 23.3 Å². The van der Waals surface area contributed by atoms with Crippen LogP contribution >= 0.6 is 0 Å². The van der Waals surface area contributed by atoms with Gasteiger partial charge in [-0.1, -0.05) is 0 Å². The third-order valence-corrected chi connectivity index (χ3v) is 6.88. The number of anilines is 1. The van der Waals surface area contributed by atoms with Crippen LogP contribution in [0.15, 0.2) is 12.3 Å². The molecule has 0 aromatic carbocycles. The second-order valence-corrected chi connectivity index (χ2v) is 10.7. The third-order valence-electron chi connectivity index (χ3n) is 5.20. The van der Waals surface area contributed by atoms with Crippen LogP contribution in [0.1, 0.15) is 63.9 Å². The van der Waals surface area contributed by atoms with E-state index in [1.54, 1.807) is 4.52 Å². The molecule has 10 heteroatoms. The van der Waals surface area contributed by atoms with Crippen molar-refractivity contribution in [3.63, 3.8) is 0 Å². The highest BCUT2D eigenvalue weighted by atomic mass is 32.2. The molecule has 1 N–H and O–H groups in total. The van der Waals surface area contributed by atoms with Gasteiger partial charge in [0.15, 0.2) is 11.5 Å². The van der Waals surface area contributed by atoms with Gasteiger partial charge in [-0.3, -0.25) is 14.6 Å². The SMILES string of the molecule is C[C@@H](N[S@+]([O-])C(C)(C)C)c1nc2c(N3CC(=O)N(C)C3=O)cc(C3CC3)cn2n1. The van der Waals surface area contributed by atoms with Gasteiger partial charge < -0.3 is 4.55 Å². The molecule has 29 heavy (non-hydrogen) atoms. The van der Waals surface area contributed by atoms with Gasteiger partial charge in [-0.25, -0.2) is 14.3 Å². The number of aromatic nitrogens is 3. The number of pyridine rings is 1. The lowest BCUT2D eigenvalue weighted by Crippen LogP contribution is -2.40. The van der Waals surface area contributed by atoms with E-state index in [4.69, 9.17) is 0 Å². The number of hydrogen-bond donors (Lipinski definition) is 1. The first-order valence-electron chi connectivity index (χ1n) is 9.72. The van der Waals surface area contributed by atoms with E-state index in [0.29, 0.717) is 23.1 Å². The number of urea groups is 1. The Kier molecular flexibility index (Phi) is 4.83. The number of imide groups is 1. The summed E-state index contributed by atoms with van der Waals surface area (Å²) in [7, 11) is 1.48. The Bertz CT molecular complexity index is 980. The molecule has 2 aliphatic rings. The fourth-order valence-corrected chi connectivity index (χ4v) is 3.98. The first-order valence-corrected chi connectivity index (χ1v) is 10.9. The highest BCUT2D eigenvalue weighted by Gasteiger charge is 2.37. The fraction of sp³-hybridized carbons (Fsp3) is 0.579. The molecule has 0 bridgehead atoms. The lowest BCUT2D eigenvalue weighted by atomic mass is 10.1. The molecule has 1 aliphatic carbocycles. The maximum absolute atomic E-state index is 12.6. The van der Waals surface area contributed by atoms with Gasteiger partial charge >= 0.3 is 6.03 Å². The third kappa shape index (κ3) is 3.72. The summed E-state index contributed by atoms with van der Waals surface area (Å²) in [6.45, 7) is 7.53. The number of nitrogens with one attached hydrogen (secondary N) is 1. The number of rotatable bonds is 5. The molecule has 0 radical (unpaired) electrons. The maximum Gasteiger partial charge on any atom is 0.331 e. The summed E-state index contributed by atoms with van der Waals surface area (Å²) in [5, 5.41) is 4.59. The smallest absolute Gasteiger partial charge is 0.331 e. The van der Waals surface area contributed by atoms with Crippen molar-refractivity contribution in [1.82, 2.24) is 24.2 Å². The maximum atomic E-state index is 12.6. The molecule has 9 nitrogen and oxygen atoms in total. The molecule has 2 aromatic heterocycles. The van der Waals surface area contributed by atoms with Gasteiger partial charge in [0.25, 0.3) is 0 Å². The summed E-state index contributed by atoms with van der Waals surface area (Å²) in [6, 6.07) is 1.24. The van der Waals surface area contributed by atoms with Gasteiger partial charge in [-0.15, -0.1) is 9.82 Å². The van der Waals surface area contributed by atoms with Crippen molar-refractivity contribution < 1.29 is 14.1 Å². The number of carbonyl (C=O) groups is 2. The predicted octanol–water partition coefficient (Wildman–Crippen LogP) is 2.12. The zero-order valence-electron chi connectivity index (χ0n) is 17.3. The number of likely N-dealkylation sites (N-methyl/N-ethyl adjacent to an activating group) is 1. The second kappa shape index (κ2) is 6.96. The zero-order valence-corrected chi connectivity index (χ0v) is 18.1. The van der Waals surface area contributed by atoms with E-state index >= 15 is 0 Å². The molecule has 2 fully saturated rings. The van der Waals surface area contributed by atoms with E-state index < -0.39 is 16.1 Å². The van der Waals surface area contributed by atoms with E-state index in [1.807, 2.05) is 40.0 Å². The average Bonchev–Trinajstić information content (AvgIpc) is 3.36. The number of amides is 3. The van der Waals surface area contributed by atoms with Crippen LogP contribution in [-0.2, 0) is 16.2 Å². The average molecular weight is 419 g/mol. The van der Waals surface area contributed by atoms with Crippen LogP contribution in [0.3, 0.4) is 0 Å². The summed E-state index contributed by atoms with van der Waals surface area (Å²) < 4.78 is 16.8. The van der Waals surface area contributed by atoms with Gasteiger partial charge in [-0.2, -0.15) is 0 Å². The van der Waals surface area contributed by atoms with Gasteiger partial charge in [-0.05, 0) is 58.1 Å². The zero-order chi connectivity index (χ0) is 21.1. The quantitative estimate of drug-likeness (QED) is 0.589. The predicted molar refractivity (Wildman–Crippen MR) is 110 cm³/mol. The highest BCUT2D eigenvalue weighted by molar-refractivity contribution is 7.90. The molecule has 2 aromatic rings. The number of fused-ring (bicyclic) bond motifs is 1. The molecule has 3 heterocycles. The van der Waals surface area contributed by atoms with Crippen LogP contribution in [0.5, 0.6) is 0 Å². The Morgan fingerprint density at radius 3 is 2.55 bits per heavy atom. The monoisotopic (exact) mass is 418 g/mol. The minimum Gasteiger partial charge on any atom is -0.598 e. The van der Waals surface area contributed by atoms with E-state index in [2.05, 4.69) is 14.8 Å². The Balaban J connectivity index is 1.73. The van der Waals surface area contributed by atoms with Crippen molar-refractivity contribution in [3.8, 4) is 0 Å². The topological polar surface area (TPSA) is 106 Å². The van der Waals surface area contributed by atoms with Gasteiger partial charge in [0, 0.05) is 24.6 Å². The Labute approximate surface area is 172 Å². The Morgan fingerprint density at radius 2 is 2.00 bits per heavy atom.